The molecule has 6 nitrogen and oxygen atoms in total. The van der Waals surface area contributed by atoms with Crippen LogP contribution in [0.5, 0.6) is 0 Å². The SMILES string of the molecule is CCC(CC)n1ccc(CS(=O)(=O)C(C)CC(=O)OC)n1. The lowest BCUT2D eigenvalue weighted by Crippen LogP contribution is -2.23. The Morgan fingerprint density at radius 3 is 2.52 bits per heavy atom. The van der Waals surface area contributed by atoms with Gasteiger partial charge in [0.05, 0.1) is 36.3 Å². The third kappa shape index (κ3) is 4.84. The molecule has 0 aromatic carbocycles. The molecule has 0 saturated heterocycles. The summed E-state index contributed by atoms with van der Waals surface area (Å²) in [5.41, 5.74) is 0.513. The van der Waals surface area contributed by atoms with Gasteiger partial charge in [-0.15, -0.1) is 0 Å². The minimum atomic E-state index is -3.42. The van der Waals surface area contributed by atoms with Crippen molar-refractivity contribution in [3.8, 4) is 0 Å². The molecule has 1 aromatic heterocycles. The molecule has 0 radical (unpaired) electrons. The van der Waals surface area contributed by atoms with Crippen LogP contribution in [0.3, 0.4) is 0 Å². The molecular formula is C14H24N2O4S. The molecule has 1 rings (SSSR count). The first-order chi connectivity index (χ1) is 9.83. The Hall–Kier alpha value is -1.37. The number of ether oxygens (including phenoxy) is 1. The van der Waals surface area contributed by atoms with Gasteiger partial charge in [-0.3, -0.25) is 9.48 Å². The Bertz CT molecular complexity index is 561. The van der Waals surface area contributed by atoms with E-state index in [1.807, 2.05) is 10.9 Å². The van der Waals surface area contributed by atoms with Crippen molar-refractivity contribution >= 4 is 15.8 Å². The molecule has 0 aliphatic carbocycles. The zero-order valence-electron chi connectivity index (χ0n) is 13.1. The van der Waals surface area contributed by atoms with Crippen molar-refractivity contribution in [3.05, 3.63) is 18.0 Å². The molecule has 1 unspecified atom stereocenters. The first-order valence-electron chi connectivity index (χ1n) is 7.16. The predicted molar refractivity (Wildman–Crippen MR) is 80.6 cm³/mol. The topological polar surface area (TPSA) is 78.3 Å². The molecule has 0 N–H and O–H groups in total. The third-order valence-electron chi connectivity index (χ3n) is 3.62. The Kier molecular flexibility index (Phi) is 6.39. The average molecular weight is 316 g/mol. The number of carbonyl (C=O) groups excluding carboxylic acids is 1. The van der Waals surface area contributed by atoms with E-state index >= 15 is 0 Å². The van der Waals surface area contributed by atoms with E-state index in [0.717, 1.165) is 12.8 Å². The van der Waals surface area contributed by atoms with Crippen molar-refractivity contribution in [1.82, 2.24) is 9.78 Å². The molecular weight excluding hydrogens is 292 g/mol. The summed E-state index contributed by atoms with van der Waals surface area (Å²) < 4.78 is 30.7. The highest BCUT2D eigenvalue weighted by Crippen LogP contribution is 2.17. The summed E-state index contributed by atoms with van der Waals surface area (Å²) in [7, 11) is -2.17. The fraction of sp³-hybridized carbons (Fsp3) is 0.714. The third-order valence-corrected chi connectivity index (χ3v) is 5.72. The summed E-state index contributed by atoms with van der Waals surface area (Å²) in [4.78, 5) is 11.2. The quantitative estimate of drug-likeness (QED) is 0.686. The van der Waals surface area contributed by atoms with Crippen LogP contribution in [-0.2, 0) is 25.1 Å². The lowest BCUT2D eigenvalue weighted by atomic mass is 10.2. The van der Waals surface area contributed by atoms with Crippen LogP contribution >= 0.6 is 0 Å². The van der Waals surface area contributed by atoms with Crippen LogP contribution in [0.15, 0.2) is 12.3 Å². The van der Waals surface area contributed by atoms with Gasteiger partial charge in [-0.1, -0.05) is 13.8 Å². The highest BCUT2D eigenvalue weighted by Gasteiger charge is 2.25. The molecule has 21 heavy (non-hydrogen) atoms. The second-order valence-electron chi connectivity index (χ2n) is 5.16. The zero-order valence-corrected chi connectivity index (χ0v) is 13.9. The summed E-state index contributed by atoms with van der Waals surface area (Å²) in [5.74, 6) is -0.674. The number of rotatable bonds is 8. The molecule has 1 aromatic rings. The molecule has 0 amide bonds. The minimum Gasteiger partial charge on any atom is -0.469 e. The largest absolute Gasteiger partial charge is 0.469 e. The predicted octanol–water partition coefficient (Wildman–Crippen LogP) is 2.11. The van der Waals surface area contributed by atoms with Crippen molar-refractivity contribution in [1.29, 1.82) is 0 Å². The molecule has 7 heteroatoms. The number of hydrogen-bond donors (Lipinski definition) is 0. The molecule has 0 aliphatic heterocycles. The number of esters is 1. The Morgan fingerprint density at radius 1 is 1.38 bits per heavy atom. The maximum Gasteiger partial charge on any atom is 0.306 e. The van der Waals surface area contributed by atoms with Gasteiger partial charge in [0.25, 0.3) is 0 Å². The van der Waals surface area contributed by atoms with Gasteiger partial charge in [0.2, 0.25) is 0 Å². The Labute approximate surface area is 126 Å². The number of hydrogen-bond acceptors (Lipinski definition) is 5. The number of methoxy groups -OCH3 is 1. The van der Waals surface area contributed by atoms with E-state index in [0.29, 0.717) is 5.69 Å². The van der Waals surface area contributed by atoms with Gasteiger partial charge in [-0.05, 0) is 25.8 Å². The van der Waals surface area contributed by atoms with E-state index in [1.165, 1.54) is 14.0 Å². The molecule has 0 spiro atoms. The van der Waals surface area contributed by atoms with Crippen LogP contribution < -0.4 is 0 Å². The number of sulfone groups is 1. The lowest BCUT2D eigenvalue weighted by Gasteiger charge is -2.13. The van der Waals surface area contributed by atoms with Gasteiger partial charge < -0.3 is 4.74 Å². The Morgan fingerprint density at radius 2 is 2.00 bits per heavy atom. The van der Waals surface area contributed by atoms with Gasteiger partial charge in [0.15, 0.2) is 9.84 Å². The van der Waals surface area contributed by atoms with E-state index in [-0.39, 0.29) is 18.2 Å². The molecule has 120 valence electrons. The van der Waals surface area contributed by atoms with Crippen LogP contribution in [0.4, 0.5) is 0 Å². The first-order valence-corrected chi connectivity index (χ1v) is 8.88. The lowest BCUT2D eigenvalue weighted by molar-refractivity contribution is -0.140. The van der Waals surface area contributed by atoms with E-state index in [9.17, 15) is 13.2 Å². The molecule has 1 heterocycles. The van der Waals surface area contributed by atoms with Crippen LogP contribution in [-0.4, -0.2) is 36.5 Å². The molecule has 0 bridgehead atoms. The first kappa shape index (κ1) is 17.7. The van der Waals surface area contributed by atoms with Crippen LogP contribution in [0.2, 0.25) is 0 Å². The number of carbonyl (C=O) groups is 1. The van der Waals surface area contributed by atoms with Crippen molar-refractivity contribution in [2.75, 3.05) is 7.11 Å². The average Bonchev–Trinajstić information content (AvgIpc) is 2.87. The maximum atomic E-state index is 12.2. The molecule has 1 atom stereocenters. The van der Waals surface area contributed by atoms with E-state index in [4.69, 9.17) is 0 Å². The zero-order chi connectivity index (χ0) is 16.0. The van der Waals surface area contributed by atoms with E-state index in [1.54, 1.807) is 6.07 Å². The monoisotopic (exact) mass is 316 g/mol. The van der Waals surface area contributed by atoms with Gasteiger partial charge in [0, 0.05) is 6.20 Å². The standard InChI is InChI=1S/C14H24N2O4S/c1-5-13(6-2)16-8-7-12(15-16)10-21(18,19)11(3)9-14(17)20-4/h7-8,11,13H,5-6,9-10H2,1-4H3. The second kappa shape index (κ2) is 7.59. The van der Waals surface area contributed by atoms with Crippen molar-refractivity contribution in [2.24, 2.45) is 0 Å². The second-order valence-corrected chi connectivity index (χ2v) is 7.57. The van der Waals surface area contributed by atoms with Gasteiger partial charge in [0.1, 0.15) is 0 Å². The smallest absolute Gasteiger partial charge is 0.306 e. The van der Waals surface area contributed by atoms with Gasteiger partial charge in [-0.2, -0.15) is 5.10 Å². The molecule has 0 fully saturated rings. The number of aromatic nitrogens is 2. The van der Waals surface area contributed by atoms with E-state index in [2.05, 4.69) is 23.7 Å². The number of nitrogens with zero attached hydrogens (tertiary/aromatic N) is 2. The van der Waals surface area contributed by atoms with Crippen LogP contribution in [0.1, 0.15) is 51.8 Å². The van der Waals surface area contributed by atoms with Gasteiger partial charge in [-0.25, -0.2) is 8.42 Å². The summed E-state index contributed by atoms with van der Waals surface area (Å²) in [6.45, 7) is 5.67. The fourth-order valence-corrected chi connectivity index (χ4v) is 3.35. The maximum absolute atomic E-state index is 12.2. The summed E-state index contributed by atoms with van der Waals surface area (Å²) >= 11 is 0. The van der Waals surface area contributed by atoms with Crippen LogP contribution in [0.25, 0.3) is 0 Å². The fourth-order valence-electron chi connectivity index (χ4n) is 2.11. The highest BCUT2D eigenvalue weighted by atomic mass is 32.2. The summed E-state index contributed by atoms with van der Waals surface area (Å²) in [6.07, 6.45) is 3.58. The minimum absolute atomic E-state index is 0.133. The summed E-state index contributed by atoms with van der Waals surface area (Å²) in [6, 6.07) is 2.01. The normalized spacial score (nSPS) is 13.4. The highest BCUT2D eigenvalue weighted by molar-refractivity contribution is 7.91. The Balaban J connectivity index is 2.78. The molecule has 0 saturated carbocycles. The van der Waals surface area contributed by atoms with Crippen molar-refractivity contribution < 1.29 is 17.9 Å². The van der Waals surface area contributed by atoms with Gasteiger partial charge >= 0.3 is 5.97 Å². The van der Waals surface area contributed by atoms with Crippen molar-refractivity contribution in [3.63, 3.8) is 0 Å². The van der Waals surface area contributed by atoms with Crippen molar-refractivity contribution in [2.45, 2.75) is 57.1 Å². The van der Waals surface area contributed by atoms with E-state index < -0.39 is 21.1 Å². The summed E-state index contributed by atoms with van der Waals surface area (Å²) in [5, 5.41) is 3.57. The molecule has 0 aliphatic rings. The van der Waals surface area contributed by atoms with Crippen LogP contribution in [0, 0.1) is 0 Å².